The second-order valence-electron chi connectivity index (χ2n) is 5.90. The molecule has 0 radical (unpaired) electrons. The molecule has 2 nitrogen and oxygen atoms in total. The van der Waals surface area contributed by atoms with Crippen molar-refractivity contribution in [1.82, 2.24) is 0 Å². The molecule has 0 amide bonds. The maximum atomic E-state index is 11.3. The van der Waals surface area contributed by atoms with Crippen molar-refractivity contribution >= 4 is 30.0 Å². The van der Waals surface area contributed by atoms with Gasteiger partial charge in [-0.05, 0) is 16.3 Å². The van der Waals surface area contributed by atoms with Crippen LogP contribution in [0.5, 0.6) is 0 Å². The summed E-state index contributed by atoms with van der Waals surface area (Å²) in [7, 11) is 0.150. The average molecular weight is 272 g/mol. The fourth-order valence-corrected chi connectivity index (χ4v) is 3.28. The lowest BCUT2D eigenvalue weighted by atomic mass is 10.1. The number of benzene rings is 2. The molecular weight excluding hydrogens is 252 g/mol. The number of rotatable bonds is 3. The van der Waals surface area contributed by atoms with Crippen LogP contribution in [0.2, 0.25) is 19.6 Å². The van der Waals surface area contributed by atoms with Crippen LogP contribution >= 0.6 is 0 Å². The Morgan fingerprint density at radius 3 is 2.32 bits per heavy atom. The lowest BCUT2D eigenvalue weighted by Crippen LogP contribution is -2.37. The van der Waals surface area contributed by atoms with E-state index in [0.717, 1.165) is 5.56 Å². The molecule has 0 N–H and O–H groups in total. The Morgan fingerprint density at radius 1 is 1.05 bits per heavy atom. The quantitative estimate of drug-likeness (QED) is 0.634. The third kappa shape index (κ3) is 3.23. The topological polar surface area (TPSA) is 26.3 Å². The van der Waals surface area contributed by atoms with Gasteiger partial charge in [0.2, 0.25) is 0 Å². The van der Waals surface area contributed by atoms with Crippen LogP contribution in [0, 0.1) is 0 Å². The van der Waals surface area contributed by atoms with Gasteiger partial charge in [0.05, 0.1) is 21.6 Å². The summed E-state index contributed by atoms with van der Waals surface area (Å²) in [6.07, 6.45) is 0.336. The van der Waals surface area contributed by atoms with Crippen LogP contribution in [0.25, 0.3) is 10.8 Å². The van der Waals surface area contributed by atoms with Gasteiger partial charge < -0.3 is 4.74 Å². The van der Waals surface area contributed by atoms with E-state index in [1.54, 1.807) is 0 Å². The van der Waals surface area contributed by atoms with E-state index in [-0.39, 0.29) is 5.97 Å². The minimum Gasteiger partial charge on any atom is -0.469 e. The second kappa shape index (κ2) is 5.17. The van der Waals surface area contributed by atoms with E-state index in [0.29, 0.717) is 6.42 Å². The number of ether oxygens (including phenoxy) is 1. The summed E-state index contributed by atoms with van der Waals surface area (Å²) in [5.74, 6) is -0.196. The van der Waals surface area contributed by atoms with Crippen molar-refractivity contribution in [2.24, 2.45) is 0 Å². The molecule has 0 saturated carbocycles. The van der Waals surface area contributed by atoms with Crippen molar-refractivity contribution in [1.29, 1.82) is 0 Å². The zero-order chi connectivity index (χ0) is 14.0. The maximum absolute atomic E-state index is 11.3. The monoisotopic (exact) mass is 272 g/mol. The molecule has 0 aliphatic rings. The third-order valence-corrected chi connectivity index (χ3v) is 5.39. The van der Waals surface area contributed by atoms with Crippen molar-refractivity contribution in [3.8, 4) is 0 Å². The van der Waals surface area contributed by atoms with Gasteiger partial charge in [-0.25, -0.2) is 0 Å². The molecule has 0 aliphatic heterocycles. The number of methoxy groups -OCH3 is 1. The minimum absolute atomic E-state index is 0.196. The molecule has 0 unspecified atom stereocenters. The van der Waals surface area contributed by atoms with E-state index in [4.69, 9.17) is 4.74 Å². The van der Waals surface area contributed by atoms with E-state index < -0.39 is 8.07 Å². The van der Waals surface area contributed by atoms with Crippen molar-refractivity contribution in [3.05, 3.63) is 42.0 Å². The molecular formula is C16H20O2Si. The molecule has 0 atom stereocenters. The van der Waals surface area contributed by atoms with Crippen LogP contribution < -0.4 is 5.19 Å². The maximum Gasteiger partial charge on any atom is 0.309 e. The van der Waals surface area contributed by atoms with Gasteiger partial charge in [-0.1, -0.05) is 61.2 Å². The average Bonchev–Trinajstić information content (AvgIpc) is 2.36. The summed E-state index contributed by atoms with van der Waals surface area (Å²) < 4.78 is 4.70. The van der Waals surface area contributed by atoms with Gasteiger partial charge in [0.1, 0.15) is 0 Å². The predicted molar refractivity (Wildman–Crippen MR) is 82.6 cm³/mol. The third-order valence-electron chi connectivity index (χ3n) is 3.35. The van der Waals surface area contributed by atoms with Crippen molar-refractivity contribution in [2.75, 3.05) is 7.11 Å². The molecule has 2 aromatic carbocycles. The normalized spacial score (nSPS) is 11.6. The summed E-state index contributed by atoms with van der Waals surface area (Å²) in [6.45, 7) is 7.04. The highest BCUT2D eigenvalue weighted by Crippen LogP contribution is 2.17. The Hall–Kier alpha value is -1.61. The first kappa shape index (κ1) is 13.8. The van der Waals surface area contributed by atoms with Gasteiger partial charge in [-0.15, -0.1) is 0 Å². The number of hydrogen-bond acceptors (Lipinski definition) is 2. The van der Waals surface area contributed by atoms with E-state index in [9.17, 15) is 4.79 Å². The van der Waals surface area contributed by atoms with Crippen LogP contribution in [0.3, 0.4) is 0 Å². The summed E-state index contributed by atoms with van der Waals surface area (Å²) in [4.78, 5) is 11.3. The van der Waals surface area contributed by atoms with Crippen molar-refractivity contribution in [3.63, 3.8) is 0 Å². The molecule has 0 spiro atoms. The molecule has 100 valence electrons. The molecule has 2 aromatic rings. The summed E-state index contributed by atoms with van der Waals surface area (Å²) in [6, 6.07) is 12.8. The minimum atomic E-state index is -1.27. The summed E-state index contributed by atoms with van der Waals surface area (Å²) in [5, 5.41) is 3.89. The Kier molecular flexibility index (Phi) is 3.76. The highest BCUT2D eigenvalue weighted by atomic mass is 28.3. The molecule has 0 aromatic heterocycles. The predicted octanol–water partition coefficient (Wildman–Crippen LogP) is 3.10. The molecule has 0 saturated heterocycles. The lowest BCUT2D eigenvalue weighted by Gasteiger charge is -2.17. The van der Waals surface area contributed by atoms with Crippen LogP contribution in [-0.2, 0) is 16.0 Å². The molecule has 0 heterocycles. The van der Waals surface area contributed by atoms with Gasteiger partial charge in [0.15, 0.2) is 0 Å². The highest BCUT2D eigenvalue weighted by molar-refractivity contribution is 6.88. The molecule has 3 heteroatoms. The fourth-order valence-electron chi connectivity index (χ4n) is 2.11. The first-order chi connectivity index (χ1) is 8.90. The van der Waals surface area contributed by atoms with Crippen molar-refractivity contribution < 1.29 is 9.53 Å². The van der Waals surface area contributed by atoms with E-state index in [1.807, 2.05) is 6.07 Å². The number of carbonyl (C=O) groups excluding carboxylic acids is 1. The Labute approximate surface area is 115 Å². The molecule has 19 heavy (non-hydrogen) atoms. The van der Waals surface area contributed by atoms with Gasteiger partial charge in [-0.3, -0.25) is 4.79 Å². The first-order valence-corrected chi connectivity index (χ1v) is 10.00. The fraction of sp³-hybridized carbons (Fsp3) is 0.312. The Bertz CT molecular complexity index is 612. The number of fused-ring (bicyclic) bond motifs is 1. The van der Waals surface area contributed by atoms with Crippen LogP contribution in [0.4, 0.5) is 0 Å². The summed E-state index contributed by atoms with van der Waals surface area (Å²) in [5.41, 5.74) is 1.00. The SMILES string of the molecule is COC(=O)Cc1ccc2cc([Si](C)(C)C)ccc2c1. The second-order valence-corrected chi connectivity index (χ2v) is 11.0. The first-order valence-electron chi connectivity index (χ1n) is 6.50. The van der Waals surface area contributed by atoms with Crippen LogP contribution in [-0.4, -0.2) is 21.2 Å². The van der Waals surface area contributed by atoms with Crippen LogP contribution in [0.1, 0.15) is 5.56 Å². The van der Waals surface area contributed by atoms with Crippen molar-refractivity contribution in [2.45, 2.75) is 26.1 Å². The number of carbonyl (C=O) groups is 1. The van der Waals surface area contributed by atoms with Gasteiger partial charge in [0.25, 0.3) is 0 Å². The zero-order valence-corrected chi connectivity index (χ0v) is 13.0. The molecule has 2 rings (SSSR count). The molecule has 0 bridgehead atoms. The van der Waals surface area contributed by atoms with Gasteiger partial charge >= 0.3 is 5.97 Å². The smallest absolute Gasteiger partial charge is 0.309 e. The number of esters is 1. The summed E-state index contributed by atoms with van der Waals surface area (Å²) >= 11 is 0. The largest absolute Gasteiger partial charge is 0.469 e. The molecule has 0 aliphatic carbocycles. The lowest BCUT2D eigenvalue weighted by molar-refractivity contribution is -0.139. The molecule has 0 fully saturated rings. The Balaban J connectivity index is 2.38. The highest BCUT2D eigenvalue weighted by Gasteiger charge is 2.16. The van der Waals surface area contributed by atoms with Gasteiger partial charge in [0, 0.05) is 0 Å². The van der Waals surface area contributed by atoms with E-state index >= 15 is 0 Å². The van der Waals surface area contributed by atoms with Gasteiger partial charge in [-0.2, -0.15) is 0 Å². The zero-order valence-electron chi connectivity index (χ0n) is 12.0. The standard InChI is InChI=1S/C16H20O2Si/c1-18-16(17)10-12-5-6-14-11-15(19(2,3)4)8-7-13(14)9-12/h5-9,11H,10H2,1-4H3. The number of hydrogen-bond donors (Lipinski definition) is 0. The van der Waals surface area contributed by atoms with Crippen LogP contribution in [0.15, 0.2) is 36.4 Å². The van der Waals surface area contributed by atoms with E-state index in [1.165, 1.54) is 23.1 Å². The van der Waals surface area contributed by atoms with E-state index in [2.05, 4.69) is 50.0 Å². The Morgan fingerprint density at radius 2 is 1.68 bits per heavy atom.